The van der Waals surface area contributed by atoms with Gasteiger partial charge in [-0.25, -0.2) is 0 Å². The zero-order valence-electron chi connectivity index (χ0n) is 32.7. The van der Waals surface area contributed by atoms with Gasteiger partial charge in [0, 0.05) is 42.9 Å². The molecular weight excluding hydrogens is 749 g/mol. The van der Waals surface area contributed by atoms with Crippen LogP contribution in [0.2, 0.25) is 0 Å². The molecule has 8 N–H and O–H groups in total. The maximum absolute atomic E-state index is 14.5. The number of para-hydroxylation sites is 1. The third-order valence-corrected chi connectivity index (χ3v) is 11.0. The molecule has 1 aromatic heterocycles. The van der Waals surface area contributed by atoms with Crippen molar-refractivity contribution in [3.8, 4) is 0 Å². The number of primary amides is 1. The Hall–Kier alpha value is -5.38. The first-order chi connectivity index (χ1) is 27.3. The summed E-state index contributed by atoms with van der Waals surface area (Å²) in [6.45, 7) is 4.06. The molecule has 7 amide bonds. The van der Waals surface area contributed by atoms with E-state index in [1.165, 1.54) is 16.7 Å². The highest BCUT2D eigenvalue weighted by Gasteiger charge is 2.40. The second-order valence-electron chi connectivity index (χ2n) is 15.2. The highest BCUT2D eigenvalue weighted by atomic mass is 32.2. The van der Waals surface area contributed by atoms with Gasteiger partial charge >= 0.3 is 0 Å². The number of benzene rings is 2. The quantitative estimate of drug-likeness (QED) is 0.142. The van der Waals surface area contributed by atoms with E-state index in [-0.39, 0.29) is 51.0 Å². The molecule has 0 bridgehead atoms. The van der Waals surface area contributed by atoms with E-state index in [1.54, 1.807) is 6.20 Å². The second-order valence-corrected chi connectivity index (χ2v) is 16.2. The lowest BCUT2D eigenvalue weighted by atomic mass is 10.00. The zero-order chi connectivity index (χ0) is 41.1. The number of nitrogens with zero attached hydrogens (tertiary/aromatic N) is 1. The van der Waals surface area contributed by atoms with E-state index < -0.39 is 77.6 Å². The summed E-state index contributed by atoms with van der Waals surface area (Å²) in [5.41, 5.74) is 7.76. The van der Waals surface area contributed by atoms with Crippen molar-refractivity contribution in [1.29, 1.82) is 0 Å². The van der Waals surface area contributed by atoms with Gasteiger partial charge in [0.15, 0.2) is 0 Å². The van der Waals surface area contributed by atoms with Gasteiger partial charge < -0.3 is 42.2 Å². The van der Waals surface area contributed by atoms with Crippen molar-refractivity contribution in [3.63, 3.8) is 0 Å². The first-order valence-corrected chi connectivity index (χ1v) is 20.9. The van der Waals surface area contributed by atoms with Crippen LogP contribution < -0.4 is 32.3 Å². The molecule has 0 unspecified atom stereocenters. The Morgan fingerprint density at radius 3 is 2.04 bits per heavy atom. The topological polar surface area (TPSA) is 225 Å². The molecule has 2 fully saturated rings. The molecule has 2 saturated heterocycles. The van der Waals surface area contributed by atoms with E-state index >= 15 is 0 Å². The smallest absolute Gasteiger partial charge is 0.246 e. The summed E-state index contributed by atoms with van der Waals surface area (Å²) in [5.74, 6) is -3.90. The fourth-order valence-corrected chi connectivity index (χ4v) is 7.87. The van der Waals surface area contributed by atoms with Gasteiger partial charge in [-0.05, 0) is 67.2 Å². The molecule has 0 aliphatic carbocycles. The molecule has 306 valence electrons. The Labute approximate surface area is 336 Å². The summed E-state index contributed by atoms with van der Waals surface area (Å²) in [7, 11) is 0. The number of nitrogens with two attached hydrogens (primary N) is 1. The maximum Gasteiger partial charge on any atom is 0.246 e. The summed E-state index contributed by atoms with van der Waals surface area (Å²) in [5, 5.41) is 14.9. The molecular formula is C41H54N8O7S. The van der Waals surface area contributed by atoms with Gasteiger partial charge in [-0.1, -0.05) is 62.4 Å². The lowest BCUT2D eigenvalue weighted by molar-refractivity contribution is -0.143. The summed E-state index contributed by atoms with van der Waals surface area (Å²) < 4.78 is 0. The predicted octanol–water partition coefficient (Wildman–Crippen LogP) is 1.45. The van der Waals surface area contributed by atoms with Crippen LogP contribution in [0.5, 0.6) is 0 Å². The molecule has 0 spiro atoms. The van der Waals surface area contributed by atoms with E-state index in [0.717, 1.165) is 16.5 Å². The number of nitrogens with one attached hydrogen (secondary N) is 6. The summed E-state index contributed by atoms with van der Waals surface area (Å²) in [6.07, 6.45) is 4.58. The second kappa shape index (κ2) is 20.2. The molecule has 15 nitrogen and oxygen atoms in total. The SMILES string of the molecule is CSCC[C@@H]1NC(=O)[C@H](CC(C)C)NC(=O)[C@@H]2CCCN2C(=O)[C@H](Cc2ccccc2)NC(=O)[C@H](Cc2c[nH]c3ccccc23)NC(=O)[C@H](CCC(N)=O)NC1=O. The monoisotopic (exact) mass is 802 g/mol. The number of aromatic amines is 1. The largest absolute Gasteiger partial charge is 0.370 e. The number of thioether (sulfide) groups is 1. The van der Waals surface area contributed by atoms with Crippen LogP contribution in [0.15, 0.2) is 60.8 Å². The van der Waals surface area contributed by atoms with E-state index in [1.807, 2.05) is 74.7 Å². The third-order valence-electron chi connectivity index (χ3n) is 10.4. The van der Waals surface area contributed by atoms with Crippen LogP contribution in [0.1, 0.15) is 63.5 Å². The molecule has 2 aromatic carbocycles. The minimum Gasteiger partial charge on any atom is -0.370 e. The average molecular weight is 803 g/mol. The Balaban J connectivity index is 1.57. The lowest BCUT2D eigenvalue weighted by Crippen LogP contribution is -2.62. The lowest BCUT2D eigenvalue weighted by Gasteiger charge is -2.32. The fourth-order valence-electron chi connectivity index (χ4n) is 7.40. The molecule has 2 aliphatic rings. The van der Waals surface area contributed by atoms with Crippen LogP contribution in [0, 0.1) is 5.92 Å². The van der Waals surface area contributed by atoms with Gasteiger partial charge in [-0.15, -0.1) is 0 Å². The molecule has 2 aliphatic heterocycles. The number of aromatic nitrogens is 1. The third kappa shape index (κ3) is 11.6. The highest BCUT2D eigenvalue weighted by Crippen LogP contribution is 2.23. The number of amides is 7. The van der Waals surface area contributed by atoms with Crippen LogP contribution >= 0.6 is 11.8 Å². The molecule has 16 heteroatoms. The Morgan fingerprint density at radius 1 is 0.754 bits per heavy atom. The molecule has 3 aromatic rings. The maximum atomic E-state index is 14.5. The Bertz CT molecular complexity index is 1920. The minimum atomic E-state index is -1.32. The number of H-pyrrole nitrogens is 1. The minimum absolute atomic E-state index is 0.00269. The highest BCUT2D eigenvalue weighted by molar-refractivity contribution is 7.98. The predicted molar refractivity (Wildman–Crippen MR) is 217 cm³/mol. The van der Waals surface area contributed by atoms with Crippen molar-refractivity contribution in [1.82, 2.24) is 36.5 Å². The normalized spacial score (nSPS) is 24.2. The van der Waals surface area contributed by atoms with Crippen LogP contribution in [-0.2, 0) is 46.4 Å². The molecule has 0 saturated carbocycles. The average Bonchev–Trinajstić information content (AvgIpc) is 3.84. The van der Waals surface area contributed by atoms with Gasteiger partial charge in [0.05, 0.1) is 0 Å². The first kappa shape index (κ1) is 42.8. The van der Waals surface area contributed by atoms with Crippen molar-refractivity contribution < 1.29 is 33.6 Å². The number of fused-ring (bicyclic) bond motifs is 2. The Morgan fingerprint density at radius 2 is 1.35 bits per heavy atom. The van der Waals surface area contributed by atoms with Crippen molar-refractivity contribution in [2.75, 3.05) is 18.6 Å². The van der Waals surface area contributed by atoms with Crippen LogP contribution in [0.4, 0.5) is 0 Å². The number of hydrogen-bond acceptors (Lipinski definition) is 8. The first-order valence-electron chi connectivity index (χ1n) is 19.5. The number of carbonyl (C=O) groups excluding carboxylic acids is 7. The van der Waals surface area contributed by atoms with E-state index in [9.17, 15) is 33.6 Å². The van der Waals surface area contributed by atoms with Crippen molar-refractivity contribution in [3.05, 3.63) is 71.9 Å². The van der Waals surface area contributed by atoms with Crippen LogP contribution in [0.25, 0.3) is 10.9 Å². The van der Waals surface area contributed by atoms with Gasteiger partial charge in [0.2, 0.25) is 41.4 Å². The van der Waals surface area contributed by atoms with Crippen molar-refractivity contribution in [2.24, 2.45) is 11.7 Å². The van der Waals surface area contributed by atoms with Crippen molar-refractivity contribution in [2.45, 2.75) is 101 Å². The number of rotatable bonds is 12. The van der Waals surface area contributed by atoms with Crippen LogP contribution in [-0.4, -0.2) is 106 Å². The summed E-state index contributed by atoms with van der Waals surface area (Å²) >= 11 is 1.46. The van der Waals surface area contributed by atoms with E-state index in [0.29, 0.717) is 24.2 Å². The van der Waals surface area contributed by atoms with E-state index in [2.05, 4.69) is 31.6 Å². The zero-order valence-corrected chi connectivity index (χ0v) is 33.5. The molecule has 57 heavy (non-hydrogen) atoms. The standard InChI is InChI=1S/C41H54N8O7S/c1-24(2)20-31-38(53)45-30(17-19-57-3)37(52)44-29(15-16-35(42)50)36(51)46-32(22-26-23-43-28-13-8-7-12-27(26)28)39(54)48-33(21-25-10-5-4-6-11-25)41(56)49-18-9-14-34(49)40(55)47-31/h4-8,10-13,23-24,29-34,43H,9,14-22H2,1-3H3,(H2,42,50)(H,44,52)(H,45,53)(H,46,51)(H,47,55)(H,48,54)/t29-,30-,31-,32-,33-,34-/m0/s1. The number of carbonyl (C=O) groups is 7. The summed E-state index contributed by atoms with van der Waals surface area (Å²) in [4.78, 5) is 102. The molecule has 5 rings (SSSR count). The van der Waals surface area contributed by atoms with Gasteiger partial charge in [0.25, 0.3) is 0 Å². The van der Waals surface area contributed by atoms with Crippen LogP contribution in [0.3, 0.4) is 0 Å². The molecule has 6 atom stereocenters. The number of hydrogen-bond donors (Lipinski definition) is 7. The summed E-state index contributed by atoms with van der Waals surface area (Å²) in [6, 6.07) is 9.87. The van der Waals surface area contributed by atoms with E-state index in [4.69, 9.17) is 5.73 Å². The molecule has 3 heterocycles. The van der Waals surface area contributed by atoms with Gasteiger partial charge in [0.1, 0.15) is 36.3 Å². The Kier molecular flexibility index (Phi) is 15.1. The van der Waals surface area contributed by atoms with Gasteiger partial charge in [-0.3, -0.25) is 33.6 Å². The molecule has 0 radical (unpaired) electrons. The van der Waals surface area contributed by atoms with Gasteiger partial charge in [-0.2, -0.15) is 11.8 Å². The fraction of sp³-hybridized carbons (Fsp3) is 0.488. The van der Waals surface area contributed by atoms with Crippen molar-refractivity contribution >= 4 is 64.0 Å².